The Morgan fingerprint density at radius 1 is 1.41 bits per heavy atom. The van der Waals surface area contributed by atoms with Crippen molar-refractivity contribution in [2.45, 2.75) is 11.4 Å². The maximum atomic E-state index is 11.9. The number of alkyl halides is 3. The molecule has 0 aliphatic rings. The number of anilines is 1. The van der Waals surface area contributed by atoms with Gasteiger partial charge in [-0.15, -0.1) is 13.2 Å². The monoisotopic (exact) mass is 291 g/mol. The Bertz CT molecular complexity index is 522. The van der Waals surface area contributed by atoms with E-state index in [4.69, 9.17) is 22.5 Å². The normalized spacial score (nSPS) is 12.5. The highest BCUT2D eigenvalue weighted by molar-refractivity contribution is 7.89. The fourth-order valence-electron chi connectivity index (χ4n) is 0.860. The molecule has 0 saturated carbocycles. The molecule has 17 heavy (non-hydrogen) atoms. The number of rotatable bonds is 2. The lowest BCUT2D eigenvalue weighted by Gasteiger charge is -2.12. The molecular weight excluding hydrogens is 287 g/mol. The summed E-state index contributed by atoms with van der Waals surface area (Å²) in [6.07, 6.45) is -5.03. The molecule has 0 unspecified atom stereocenters. The summed E-state index contributed by atoms with van der Waals surface area (Å²) in [4.78, 5) is 3.14. The second-order valence-electron chi connectivity index (χ2n) is 2.76. The van der Waals surface area contributed by atoms with E-state index in [1.807, 2.05) is 0 Å². The van der Waals surface area contributed by atoms with Crippen molar-refractivity contribution in [1.29, 1.82) is 0 Å². The molecule has 4 N–H and O–H groups in total. The molecule has 6 nitrogen and oxygen atoms in total. The number of nitrogens with zero attached hydrogens (tertiary/aromatic N) is 1. The Hall–Kier alpha value is -1.26. The van der Waals surface area contributed by atoms with Gasteiger partial charge in [0, 0.05) is 6.07 Å². The van der Waals surface area contributed by atoms with E-state index in [0.29, 0.717) is 6.07 Å². The minimum atomic E-state index is -5.03. The van der Waals surface area contributed by atoms with Gasteiger partial charge in [0.05, 0.1) is 5.69 Å². The molecule has 0 radical (unpaired) electrons. The molecule has 1 rings (SSSR count). The molecular formula is C6H5ClF3N3O3S. The topological polar surface area (TPSA) is 108 Å². The van der Waals surface area contributed by atoms with Gasteiger partial charge in [0.15, 0.2) is 15.9 Å². The van der Waals surface area contributed by atoms with E-state index in [2.05, 4.69) is 9.72 Å². The van der Waals surface area contributed by atoms with Crippen molar-refractivity contribution >= 4 is 27.3 Å². The van der Waals surface area contributed by atoms with Crippen molar-refractivity contribution in [2.75, 3.05) is 5.73 Å². The largest absolute Gasteiger partial charge is 0.573 e. The molecule has 0 aliphatic carbocycles. The first kappa shape index (κ1) is 13.8. The zero-order chi connectivity index (χ0) is 13.4. The average Bonchev–Trinajstić information content (AvgIpc) is 2.07. The van der Waals surface area contributed by atoms with Crippen LogP contribution in [0.25, 0.3) is 0 Å². The third-order valence-corrected chi connectivity index (χ3v) is 2.49. The number of hydrogen-bond donors (Lipinski definition) is 2. The quantitative estimate of drug-likeness (QED) is 0.786. The Kier molecular flexibility index (Phi) is 3.41. The number of pyridine rings is 1. The van der Waals surface area contributed by atoms with Crippen molar-refractivity contribution in [3.05, 3.63) is 11.2 Å². The first-order valence-electron chi connectivity index (χ1n) is 3.75. The molecule has 0 fully saturated rings. The van der Waals surface area contributed by atoms with E-state index in [9.17, 15) is 21.6 Å². The molecule has 1 aromatic heterocycles. The molecule has 1 heterocycles. The number of ether oxygens (including phenoxy) is 1. The second kappa shape index (κ2) is 4.20. The summed E-state index contributed by atoms with van der Waals surface area (Å²) < 4.78 is 61.0. The van der Waals surface area contributed by atoms with Gasteiger partial charge in [0.2, 0.25) is 0 Å². The molecule has 1 aromatic rings. The first-order valence-corrected chi connectivity index (χ1v) is 5.67. The number of nitrogens with two attached hydrogens (primary N) is 2. The molecule has 0 amide bonds. The molecule has 0 spiro atoms. The van der Waals surface area contributed by atoms with Crippen LogP contribution in [0.15, 0.2) is 11.1 Å². The van der Waals surface area contributed by atoms with Crippen LogP contribution in [0.3, 0.4) is 0 Å². The zero-order valence-corrected chi connectivity index (χ0v) is 9.40. The summed E-state index contributed by atoms with van der Waals surface area (Å²) in [5.41, 5.74) is 4.51. The van der Waals surface area contributed by atoms with Gasteiger partial charge in [-0.1, -0.05) is 11.6 Å². The number of primary sulfonamides is 1. The van der Waals surface area contributed by atoms with Crippen LogP contribution < -0.4 is 15.6 Å². The second-order valence-corrected chi connectivity index (χ2v) is 4.63. The Morgan fingerprint density at radius 2 is 1.94 bits per heavy atom. The van der Waals surface area contributed by atoms with Crippen LogP contribution in [0.1, 0.15) is 0 Å². The summed E-state index contributed by atoms with van der Waals surface area (Å²) in [6, 6.07) is 0.613. The van der Waals surface area contributed by atoms with Gasteiger partial charge in [-0.3, -0.25) is 0 Å². The average molecular weight is 292 g/mol. The highest BCUT2D eigenvalue weighted by Crippen LogP contribution is 2.35. The maximum Gasteiger partial charge on any atom is 0.573 e. The van der Waals surface area contributed by atoms with Crippen LogP contribution in [-0.2, 0) is 10.0 Å². The third-order valence-electron chi connectivity index (χ3n) is 1.45. The van der Waals surface area contributed by atoms with Crippen molar-refractivity contribution in [1.82, 2.24) is 4.98 Å². The number of sulfonamides is 1. The minimum Gasteiger partial charge on any atom is -0.400 e. The van der Waals surface area contributed by atoms with Gasteiger partial charge >= 0.3 is 6.36 Å². The van der Waals surface area contributed by atoms with Crippen LogP contribution in [0.5, 0.6) is 5.75 Å². The number of halogens is 4. The van der Waals surface area contributed by atoms with Crippen LogP contribution in [-0.4, -0.2) is 19.8 Å². The lowest BCUT2D eigenvalue weighted by Crippen LogP contribution is -2.20. The minimum absolute atomic E-state index is 0.613. The van der Waals surface area contributed by atoms with Gasteiger partial charge in [-0.25, -0.2) is 18.5 Å². The first-order chi connectivity index (χ1) is 7.50. The Labute approximate surface area is 98.4 Å². The van der Waals surface area contributed by atoms with Gasteiger partial charge in [-0.05, 0) is 0 Å². The van der Waals surface area contributed by atoms with Gasteiger partial charge in [0.1, 0.15) is 0 Å². The fourth-order valence-corrected chi connectivity index (χ4v) is 1.66. The molecule has 0 aromatic carbocycles. The molecule has 96 valence electrons. The predicted molar refractivity (Wildman–Crippen MR) is 51.7 cm³/mol. The summed E-state index contributed by atoms with van der Waals surface area (Å²) >= 11 is 5.31. The third kappa shape index (κ3) is 3.61. The SMILES string of the molecule is Nc1cc(S(N)(=O)=O)nc(Cl)c1OC(F)(F)F. The van der Waals surface area contributed by atoms with E-state index < -0.39 is 38.0 Å². The van der Waals surface area contributed by atoms with E-state index in [1.54, 1.807) is 0 Å². The summed E-state index contributed by atoms with van der Waals surface area (Å²) in [6.45, 7) is 0. The Morgan fingerprint density at radius 3 is 2.29 bits per heavy atom. The van der Waals surface area contributed by atoms with E-state index in [-0.39, 0.29) is 0 Å². The lowest BCUT2D eigenvalue weighted by atomic mass is 10.4. The van der Waals surface area contributed by atoms with Gasteiger partial charge in [0.25, 0.3) is 10.0 Å². The van der Waals surface area contributed by atoms with Crippen LogP contribution >= 0.6 is 11.6 Å². The van der Waals surface area contributed by atoms with Crippen LogP contribution in [0.2, 0.25) is 5.15 Å². The zero-order valence-electron chi connectivity index (χ0n) is 7.82. The number of aromatic nitrogens is 1. The van der Waals surface area contributed by atoms with Gasteiger partial charge < -0.3 is 10.5 Å². The highest BCUT2D eigenvalue weighted by atomic mass is 35.5. The Balaban J connectivity index is 3.30. The van der Waals surface area contributed by atoms with Crippen LogP contribution in [0.4, 0.5) is 18.9 Å². The summed E-state index contributed by atoms with van der Waals surface area (Å²) in [7, 11) is -4.22. The molecule has 0 saturated heterocycles. The van der Waals surface area contributed by atoms with Crippen molar-refractivity contribution < 1.29 is 26.3 Å². The summed E-state index contributed by atoms with van der Waals surface area (Å²) in [5, 5.41) is 3.09. The van der Waals surface area contributed by atoms with Crippen LogP contribution in [0, 0.1) is 0 Å². The van der Waals surface area contributed by atoms with E-state index in [0.717, 1.165) is 0 Å². The molecule has 11 heteroatoms. The standard InChI is InChI=1S/C6H5ClF3N3O3S/c7-5-4(16-6(8,9)10)2(11)1-3(13-5)17(12,14)15/h1H,(H2,11,13)(H2,12,14,15). The smallest absolute Gasteiger partial charge is 0.400 e. The van der Waals surface area contributed by atoms with E-state index >= 15 is 0 Å². The number of hydrogen-bond acceptors (Lipinski definition) is 5. The van der Waals surface area contributed by atoms with Crippen molar-refractivity contribution in [2.24, 2.45) is 5.14 Å². The summed E-state index contributed by atoms with van der Waals surface area (Å²) in [5.74, 6) is -0.980. The highest BCUT2D eigenvalue weighted by Gasteiger charge is 2.34. The predicted octanol–water partition coefficient (Wildman–Crippen LogP) is 0.863. The van der Waals surface area contributed by atoms with E-state index in [1.165, 1.54) is 0 Å². The lowest BCUT2D eigenvalue weighted by molar-refractivity contribution is -0.274. The van der Waals surface area contributed by atoms with Crippen molar-refractivity contribution in [3.8, 4) is 5.75 Å². The van der Waals surface area contributed by atoms with Gasteiger partial charge in [-0.2, -0.15) is 0 Å². The molecule has 0 bridgehead atoms. The maximum absolute atomic E-state index is 11.9. The van der Waals surface area contributed by atoms with Crippen molar-refractivity contribution in [3.63, 3.8) is 0 Å². The fraction of sp³-hybridized carbons (Fsp3) is 0.167. The molecule has 0 aliphatic heterocycles. The number of nitrogen functional groups attached to an aromatic ring is 1. The molecule has 0 atom stereocenters.